The summed E-state index contributed by atoms with van der Waals surface area (Å²) < 4.78 is 23.5. The van der Waals surface area contributed by atoms with E-state index in [-0.39, 0.29) is 11.3 Å². The maximum Gasteiger partial charge on any atom is 0.150 e. The van der Waals surface area contributed by atoms with E-state index in [2.05, 4.69) is 10.3 Å². The Morgan fingerprint density at radius 1 is 1.32 bits per heavy atom. The monoisotopic (exact) mass is 282 g/mol. The Hall–Kier alpha value is -0.940. The summed E-state index contributed by atoms with van der Waals surface area (Å²) in [6.07, 6.45) is 8.58. The summed E-state index contributed by atoms with van der Waals surface area (Å²) in [5.74, 6) is 0.376. The van der Waals surface area contributed by atoms with Gasteiger partial charge in [0.25, 0.3) is 0 Å². The van der Waals surface area contributed by atoms with Gasteiger partial charge in [0, 0.05) is 24.7 Å². The van der Waals surface area contributed by atoms with Crippen molar-refractivity contribution in [2.24, 2.45) is 5.92 Å². The smallest absolute Gasteiger partial charge is 0.150 e. The summed E-state index contributed by atoms with van der Waals surface area (Å²) in [6.45, 7) is 0. The number of aromatic nitrogens is 1. The maximum atomic E-state index is 11.7. The standard InChI is InChI=1S/C14H22N2O2S/c1-15-14(11-6-8-16-9-7-11)12-4-3-5-13(10-12)19(2,17)18/h6-9,12-15H,3-5,10H2,1-2H3. The second-order valence-electron chi connectivity index (χ2n) is 5.43. The van der Waals surface area contributed by atoms with Crippen LogP contribution in [-0.4, -0.2) is 32.0 Å². The van der Waals surface area contributed by atoms with E-state index in [0.29, 0.717) is 5.92 Å². The van der Waals surface area contributed by atoms with Crippen molar-refractivity contribution in [3.05, 3.63) is 30.1 Å². The molecule has 0 saturated heterocycles. The second-order valence-corrected chi connectivity index (χ2v) is 7.75. The average molecular weight is 282 g/mol. The Balaban J connectivity index is 2.15. The van der Waals surface area contributed by atoms with Gasteiger partial charge in [0.1, 0.15) is 9.84 Å². The minimum atomic E-state index is -2.92. The van der Waals surface area contributed by atoms with Crippen molar-refractivity contribution in [1.29, 1.82) is 0 Å². The van der Waals surface area contributed by atoms with Crippen molar-refractivity contribution in [3.63, 3.8) is 0 Å². The fraction of sp³-hybridized carbons (Fsp3) is 0.643. The lowest BCUT2D eigenvalue weighted by Crippen LogP contribution is -2.34. The summed E-state index contributed by atoms with van der Waals surface area (Å²) in [4.78, 5) is 4.04. The number of nitrogens with one attached hydrogen (secondary N) is 1. The van der Waals surface area contributed by atoms with E-state index < -0.39 is 9.84 Å². The van der Waals surface area contributed by atoms with Crippen LogP contribution in [0.5, 0.6) is 0 Å². The third-order valence-electron chi connectivity index (χ3n) is 4.12. The first-order chi connectivity index (χ1) is 9.02. The summed E-state index contributed by atoms with van der Waals surface area (Å²) in [7, 11) is -0.983. The highest BCUT2D eigenvalue weighted by Gasteiger charge is 2.33. The van der Waals surface area contributed by atoms with Gasteiger partial charge >= 0.3 is 0 Å². The maximum absolute atomic E-state index is 11.7. The highest BCUT2D eigenvalue weighted by Crippen LogP contribution is 2.36. The zero-order valence-corrected chi connectivity index (χ0v) is 12.4. The normalized spacial score (nSPS) is 26.0. The highest BCUT2D eigenvalue weighted by atomic mass is 32.2. The predicted molar refractivity (Wildman–Crippen MR) is 76.6 cm³/mol. The number of hydrogen-bond donors (Lipinski definition) is 1. The molecule has 3 atom stereocenters. The predicted octanol–water partition coefficient (Wildman–Crippen LogP) is 1.95. The van der Waals surface area contributed by atoms with Gasteiger partial charge in [0.15, 0.2) is 0 Å². The van der Waals surface area contributed by atoms with Gasteiger partial charge in [-0.25, -0.2) is 8.42 Å². The van der Waals surface area contributed by atoms with Crippen molar-refractivity contribution in [2.75, 3.05) is 13.3 Å². The molecule has 1 saturated carbocycles. The van der Waals surface area contributed by atoms with Gasteiger partial charge in [0.2, 0.25) is 0 Å². The zero-order valence-electron chi connectivity index (χ0n) is 11.5. The molecular weight excluding hydrogens is 260 g/mol. The lowest BCUT2D eigenvalue weighted by Gasteiger charge is -2.34. The minimum absolute atomic E-state index is 0.177. The molecule has 4 nitrogen and oxygen atoms in total. The molecule has 3 unspecified atom stereocenters. The van der Waals surface area contributed by atoms with Gasteiger partial charge in [-0.15, -0.1) is 0 Å². The van der Waals surface area contributed by atoms with Crippen LogP contribution in [0.3, 0.4) is 0 Å². The van der Waals surface area contributed by atoms with Crippen LogP contribution in [0.2, 0.25) is 0 Å². The molecule has 0 aliphatic heterocycles. The zero-order chi connectivity index (χ0) is 13.9. The Bertz CT molecular complexity index is 501. The molecule has 5 heteroatoms. The van der Waals surface area contributed by atoms with Gasteiger partial charge < -0.3 is 5.32 Å². The fourth-order valence-corrected chi connectivity index (χ4v) is 4.31. The molecular formula is C14H22N2O2S. The number of pyridine rings is 1. The molecule has 19 heavy (non-hydrogen) atoms. The Labute approximate surface area is 115 Å². The van der Waals surface area contributed by atoms with E-state index in [9.17, 15) is 8.42 Å². The van der Waals surface area contributed by atoms with Crippen molar-refractivity contribution < 1.29 is 8.42 Å². The molecule has 1 aromatic rings. The highest BCUT2D eigenvalue weighted by molar-refractivity contribution is 7.91. The van der Waals surface area contributed by atoms with Gasteiger partial charge in [-0.2, -0.15) is 0 Å². The molecule has 1 fully saturated rings. The van der Waals surface area contributed by atoms with E-state index in [4.69, 9.17) is 0 Å². The van der Waals surface area contributed by atoms with Gasteiger partial charge in [-0.3, -0.25) is 4.98 Å². The topological polar surface area (TPSA) is 59.1 Å². The fourth-order valence-electron chi connectivity index (χ4n) is 3.12. The molecule has 0 aromatic carbocycles. The number of sulfone groups is 1. The molecule has 106 valence electrons. The van der Waals surface area contributed by atoms with Crippen LogP contribution in [0.1, 0.15) is 37.3 Å². The third kappa shape index (κ3) is 3.54. The van der Waals surface area contributed by atoms with Crippen LogP contribution in [-0.2, 0) is 9.84 Å². The first-order valence-electron chi connectivity index (χ1n) is 6.78. The van der Waals surface area contributed by atoms with E-state index in [1.165, 1.54) is 11.8 Å². The molecule has 0 spiro atoms. The largest absolute Gasteiger partial charge is 0.313 e. The number of rotatable bonds is 4. The molecule has 1 heterocycles. The molecule has 1 aliphatic rings. The molecule has 1 aromatic heterocycles. The van der Waals surface area contributed by atoms with E-state index in [1.54, 1.807) is 12.4 Å². The van der Waals surface area contributed by atoms with Crippen LogP contribution in [0.25, 0.3) is 0 Å². The van der Waals surface area contributed by atoms with Crippen molar-refractivity contribution in [3.8, 4) is 0 Å². The van der Waals surface area contributed by atoms with Crippen molar-refractivity contribution >= 4 is 9.84 Å². The third-order valence-corrected chi connectivity index (χ3v) is 5.76. The van der Waals surface area contributed by atoms with Gasteiger partial charge in [-0.05, 0) is 49.9 Å². The van der Waals surface area contributed by atoms with E-state index in [1.807, 2.05) is 19.2 Å². The second kappa shape index (κ2) is 6.01. The average Bonchev–Trinajstić information content (AvgIpc) is 2.40. The lowest BCUT2D eigenvalue weighted by molar-refractivity contribution is 0.282. The quantitative estimate of drug-likeness (QED) is 0.917. The summed E-state index contributed by atoms with van der Waals surface area (Å²) >= 11 is 0. The van der Waals surface area contributed by atoms with Gasteiger partial charge in [0.05, 0.1) is 5.25 Å². The molecule has 1 N–H and O–H groups in total. The summed E-state index contributed by atoms with van der Waals surface area (Å²) in [5.41, 5.74) is 1.19. The Morgan fingerprint density at radius 2 is 2.00 bits per heavy atom. The van der Waals surface area contributed by atoms with Crippen LogP contribution in [0.4, 0.5) is 0 Å². The molecule has 0 bridgehead atoms. The Kier molecular flexibility index (Phi) is 4.58. The SMILES string of the molecule is CNC(c1ccncc1)C1CCCC(S(C)(=O)=O)C1. The molecule has 0 radical (unpaired) electrons. The van der Waals surface area contributed by atoms with Crippen LogP contribution in [0, 0.1) is 5.92 Å². The van der Waals surface area contributed by atoms with E-state index in [0.717, 1.165) is 25.7 Å². The summed E-state index contributed by atoms with van der Waals surface area (Å²) in [6, 6.07) is 4.23. The molecule has 0 amide bonds. The van der Waals surface area contributed by atoms with E-state index >= 15 is 0 Å². The first-order valence-corrected chi connectivity index (χ1v) is 8.74. The number of nitrogens with zero attached hydrogens (tertiary/aromatic N) is 1. The van der Waals surface area contributed by atoms with Crippen LogP contribution < -0.4 is 5.32 Å². The summed E-state index contributed by atoms with van der Waals surface area (Å²) in [5, 5.41) is 3.16. The lowest BCUT2D eigenvalue weighted by atomic mass is 9.81. The van der Waals surface area contributed by atoms with Crippen molar-refractivity contribution in [1.82, 2.24) is 10.3 Å². The molecule has 1 aliphatic carbocycles. The minimum Gasteiger partial charge on any atom is -0.313 e. The van der Waals surface area contributed by atoms with Gasteiger partial charge in [-0.1, -0.05) is 6.42 Å². The van der Waals surface area contributed by atoms with Crippen molar-refractivity contribution in [2.45, 2.75) is 37.0 Å². The first kappa shape index (κ1) is 14.5. The molecule has 2 rings (SSSR count). The van der Waals surface area contributed by atoms with Crippen LogP contribution >= 0.6 is 0 Å². The number of hydrogen-bond acceptors (Lipinski definition) is 4. The Morgan fingerprint density at radius 3 is 2.58 bits per heavy atom. The van der Waals surface area contributed by atoms with Crippen LogP contribution in [0.15, 0.2) is 24.5 Å².